The molecule has 0 aliphatic carbocycles. The molecule has 2 aromatic rings. The minimum Gasteiger partial charge on any atom is -0.872 e. The summed E-state index contributed by atoms with van der Waals surface area (Å²) in [6.07, 6.45) is 0. The zero-order chi connectivity index (χ0) is 27.3. The number of rotatable bonds is 13. The van der Waals surface area contributed by atoms with Gasteiger partial charge in [-0.25, -0.2) is 0 Å². The van der Waals surface area contributed by atoms with Crippen LogP contribution in [0.3, 0.4) is 0 Å². The highest BCUT2D eigenvalue weighted by Gasteiger charge is 2.18. The number of hydrogen-bond donors (Lipinski definition) is 4. The first-order chi connectivity index (χ1) is 16.6. The molecule has 0 radical (unpaired) electrons. The van der Waals surface area contributed by atoms with Crippen molar-refractivity contribution in [1.82, 2.24) is 9.80 Å². The molecule has 14 nitrogen and oxygen atoms in total. The number of carbonyl (C=O) groups is 2. The predicted octanol–water partition coefficient (Wildman–Crippen LogP) is -1.20. The lowest BCUT2D eigenvalue weighted by molar-refractivity contribution is -0.270. The van der Waals surface area contributed by atoms with Crippen LogP contribution in [-0.2, 0) is 42.9 Å². The highest BCUT2D eigenvalue weighted by molar-refractivity contribution is 7.86. The number of nitrogens with zero attached hydrogens (tertiary/aromatic N) is 2. The molecule has 0 aromatic heterocycles. The Morgan fingerprint density at radius 1 is 0.694 bits per heavy atom. The van der Waals surface area contributed by atoms with Crippen LogP contribution in [0, 0.1) is 0 Å². The smallest absolute Gasteiger partial charge is 0.317 e. The zero-order valence-electron chi connectivity index (χ0n) is 18.5. The van der Waals surface area contributed by atoms with Gasteiger partial charge in [0.2, 0.25) is 0 Å². The van der Waals surface area contributed by atoms with Gasteiger partial charge in [0.15, 0.2) is 0 Å². The summed E-state index contributed by atoms with van der Waals surface area (Å²) in [7, 11) is -9.26. The number of carboxylic acid groups (broad SMARTS) is 2. The summed E-state index contributed by atoms with van der Waals surface area (Å²) in [5.74, 6) is -3.86. The maximum absolute atomic E-state index is 12.2. The second kappa shape index (κ2) is 11.6. The molecule has 0 bridgehead atoms. The summed E-state index contributed by atoms with van der Waals surface area (Å²) >= 11 is 0. The van der Waals surface area contributed by atoms with E-state index in [1.165, 1.54) is 9.80 Å². The van der Waals surface area contributed by atoms with E-state index in [0.717, 1.165) is 36.4 Å². The lowest BCUT2D eigenvalue weighted by atomic mass is 10.1. The van der Waals surface area contributed by atoms with E-state index in [1.54, 1.807) is 0 Å². The molecule has 0 atom stereocenters. The van der Waals surface area contributed by atoms with Gasteiger partial charge in [-0.1, -0.05) is 12.1 Å². The molecule has 0 aliphatic heterocycles. The van der Waals surface area contributed by atoms with E-state index in [2.05, 4.69) is 0 Å². The first-order valence-corrected chi connectivity index (χ1v) is 12.9. The molecule has 2 aromatic carbocycles. The fourth-order valence-corrected chi connectivity index (χ4v) is 4.32. The van der Waals surface area contributed by atoms with Crippen molar-refractivity contribution in [3.63, 3.8) is 0 Å². The minimum absolute atomic E-state index is 0.140. The normalized spacial score (nSPS) is 12.2. The molecule has 2 rings (SSSR count). The van der Waals surface area contributed by atoms with Crippen molar-refractivity contribution in [3.05, 3.63) is 47.5 Å². The Hall–Kier alpha value is -3.28. The van der Waals surface area contributed by atoms with Gasteiger partial charge in [-0.3, -0.25) is 28.5 Å². The molecular formula is C20H22N2O12S2-2. The third-order valence-electron chi connectivity index (χ3n) is 4.90. The molecule has 0 unspecified atom stereocenters. The monoisotopic (exact) mass is 546 g/mol. The Labute approximate surface area is 206 Å². The Bertz CT molecular complexity index is 1240. The molecule has 0 aliphatic rings. The summed E-state index contributed by atoms with van der Waals surface area (Å²) in [6, 6.07) is 5.35. The second-order valence-electron chi connectivity index (χ2n) is 7.70. The van der Waals surface area contributed by atoms with Crippen molar-refractivity contribution in [2.24, 2.45) is 0 Å². The van der Waals surface area contributed by atoms with Crippen molar-refractivity contribution in [3.8, 4) is 11.5 Å². The molecule has 0 saturated heterocycles. The van der Waals surface area contributed by atoms with E-state index < -0.39 is 66.6 Å². The van der Waals surface area contributed by atoms with Crippen molar-refractivity contribution in [2.45, 2.75) is 22.9 Å². The molecule has 0 heterocycles. The topological polar surface area (TPSA) is 236 Å². The van der Waals surface area contributed by atoms with Crippen LogP contribution in [0.4, 0.5) is 0 Å². The Balaban J connectivity index is 2.27. The van der Waals surface area contributed by atoms with Crippen LogP contribution in [0.25, 0.3) is 0 Å². The van der Waals surface area contributed by atoms with Crippen molar-refractivity contribution in [1.29, 1.82) is 0 Å². The maximum atomic E-state index is 12.2. The summed E-state index contributed by atoms with van der Waals surface area (Å²) in [5, 5.41) is 42.7. The van der Waals surface area contributed by atoms with Crippen LogP contribution in [0.2, 0.25) is 0 Å². The molecule has 0 spiro atoms. The molecule has 4 N–H and O–H groups in total. The minimum atomic E-state index is -4.63. The predicted molar refractivity (Wildman–Crippen MR) is 117 cm³/mol. The van der Waals surface area contributed by atoms with Gasteiger partial charge in [0, 0.05) is 26.2 Å². The third kappa shape index (κ3) is 8.74. The molecule has 16 heteroatoms. The quantitative estimate of drug-likeness (QED) is 0.216. The van der Waals surface area contributed by atoms with Gasteiger partial charge in [-0.2, -0.15) is 16.8 Å². The van der Waals surface area contributed by atoms with Crippen molar-refractivity contribution >= 4 is 32.2 Å². The molecule has 0 fully saturated rings. The largest absolute Gasteiger partial charge is 0.872 e. The van der Waals surface area contributed by atoms with Gasteiger partial charge >= 0.3 is 11.9 Å². The van der Waals surface area contributed by atoms with Gasteiger partial charge < -0.3 is 20.4 Å². The lowest BCUT2D eigenvalue weighted by Crippen LogP contribution is -2.39. The van der Waals surface area contributed by atoms with Gasteiger partial charge in [0.05, 0.1) is 22.9 Å². The summed E-state index contributed by atoms with van der Waals surface area (Å²) in [5.41, 5.74) is -0.280. The Morgan fingerprint density at radius 2 is 1.03 bits per heavy atom. The molecule has 0 saturated carbocycles. The van der Waals surface area contributed by atoms with Crippen LogP contribution in [0.15, 0.2) is 46.2 Å². The average molecular weight is 547 g/mol. The Kier molecular flexibility index (Phi) is 9.36. The summed E-state index contributed by atoms with van der Waals surface area (Å²) < 4.78 is 63.9. The molecular weight excluding hydrogens is 524 g/mol. The number of hydrogen-bond acceptors (Lipinski definition) is 10. The first kappa shape index (κ1) is 29.0. The fourth-order valence-electron chi connectivity index (χ4n) is 3.25. The fraction of sp³-hybridized carbons (Fsp3) is 0.300. The highest BCUT2D eigenvalue weighted by atomic mass is 32.2. The number of aliphatic carboxylic acids is 2. The maximum Gasteiger partial charge on any atom is 0.317 e. The summed E-state index contributed by atoms with van der Waals surface area (Å²) in [6.45, 7) is -2.30. The number of carboxylic acids is 2. The number of benzene rings is 2. The second-order valence-corrected chi connectivity index (χ2v) is 10.5. The van der Waals surface area contributed by atoms with E-state index in [4.69, 9.17) is 0 Å². The van der Waals surface area contributed by atoms with Crippen LogP contribution >= 0.6 is 0 Å². The van der Waals surface area contributed by atoms with Gasteiger partial charge in [0.1, 0.15) is 0 Å². The van der Waals surface area contributed by atoms with E-state index in [-0.39, 0.29) is 37.3 Å². The van der Waals surface area contributed by atoms with Crippen molar-refractivity contribution in [2.75, 3.05) is 26.2 Å². The van der Waals surface area contributed by atoms with Crippen molar-refractivity contribution < 1.29 is 56.0 Å². The highest BCUT2D eigenvalue weighted by Crippen LogP contribution is 2.22. The van der Waals surface area contributed by atoms with Crippen LogP contribution < -0.4 is 10.2 Å². The van der Waals surface area contributed by atoms with E-state index >= 15 is 0 Å². The molecule has 36 heavy (non-hydrogen) atoms. The SMILES string of the molecule is O=C(O)CN(CCN(CC(=O)O)Cc1cc(S(=O)(=O)O)ccc1[O-])Cc1cc(S(=O)(=O)O)ccc1[O-]. The third-order valence-corrected chi connectivity index (χ3v) is 6.60. The van der Waals surface area contributed by atoms with Crippen LogP contribution in [0.1, 0.15) is 11.1 Å². The van der Waals surface area contributed by atoms with Gasteiger partial charge in [0.25, 0.3) is 20.2 Å². The van der Waals surface area contributed by atoms with Gasteiger partial charge in [-0.05, 0) is 35.4 Å². The van der Waals surface area contributed by atoms with E-state index in [9.17, 15) is 56.0 Å². The summed E-state index contributed by atoms with van der Waals surface area (Å²) in [4.78, 5) is 23.9. The van der Waals surface area contributed by atoms with E-state index in [0.29, 0.717) is 0 Å². The van der Waals surface area contributed by atoms with Crippen LogP contribution in [-0.4, -0.2) is 84.1 Å². The average Bonchev–Trinajstić information content (AvgIpc) is 2.72. The van der Waals surface area contributed by atoms with E-state index in [1.807, 2.05) is 0 Å². The lowest BCUT2D eigenvalue weighted by Gasteiger charge is -2.28. The molecule has 198 valence electrons. The first-order valence-electron chi connectivity index (χ1n) is 9.99. The standard InChI is InChI=1S/C20H24N2O12S2/c23-17-3-1-15(35(29,30)31)7-13(17)9-21(11-19(25)26)5-6-22(12-20(27)28)10-14-8-16(36(32,33)34)2-4-18(14)24/h1-4,7-8,23-24H,5-6,9-12H2,(H,25,26)(H,27,28)(H,29,30,31)(H,32,33,34)/p-2. The Morgan fingerprint density at radius 3 is 1.31 bits per heavy atom. The van der Waals surface area contributed by atoms with Gasteiger partial charge in [-0.15, -0.1) is 11.5 Å². The van der Waals surface area contributed by atoms with Crippen LogP contribution in [0.5, 0.6) is 11.5 Å². The zero-order valence-corrected chi connectivity index (χ0v) is 20.1. The molecule has 0 amide bonds.